The number of sulfonamides is 1. The molecule has 0 aliphatic carbocycles. The third kappa shape index (κ3) is 2.78. The third-order valence-corrected chi connectivity index (χ3v) is 5.05. The maximum Gasteiger partial charge on any atom is 0.251 e. The minimum atomic E-state index is -3.50. The van der Waals surface area contributed by atoms with Gasteiger partial charge in [0, 0.05) is 31.7 Å². The molecule has 2 rings (SSSR count). The number of hydrogen-bond acceptors (Lipinski definition) is 4. The normalized spacial score (nSPS) is 20.4. The molecule has 1 heterocycles. The van der Waals surface area contributed by atoms with E-state index in [0.717, 1.165) is 0 Å². The Morgan fingerprint density at radius 2 is 2.00 bits per heavy atom. The number of hydrogen-bond donors (Lipinski definition) is 2. The van der Waals surface area contributed by atoms with E-state index >= 15 is 0 Å². The van der Waals surface area contributed by atoms with Crippen molar-refractivity contribution in [3.05, 3.63) is 29.8 Å². The fraction of sp³-hybridized carbons (Fsp3) is 0.417. The number of carbonyl (C=O) groups is 1. The molecule has 0 unspecified atom stereocenters. The lowest BCUT2D eigenvalue weighted by Crippen LogP contribution is -2.32. The summed E-state index contributed by atoms with van der Waals surface area (Å²) >= 11 is 0. The molecular weight excluding hydrogens is 266 g/mol. The van der Waals surface area contributed by atoms with Gasteiger partial charge in [0.05, 0.1) is 4.90 Å². The highest BCUT2D eigenvalue weighted by Gasteiger charge is 2.30. The van der Waals surface area contributed by atoms with Crippen molar-refractivity contribution in [3.63, 3.8) is 0 Å². The summed E-state index contributed by atoms with van der Waals surface area (Å²) in [6, 6.07) is 5.80. The zero-order chi connectivity index (χ0) is 14.0. The first-order valence-electron chi connectivity index (χ1n) is 6.03. The van der Waals surface area contributed by atoms with Crippen LogP contribution in [0.1, 0.15) is 16.8 Å². The van der Waals surface area contributed by atoms with Gasteiger partial charge in [0.2, 0.25) is 10.0 Å². The molecule has 0 radical (unpaired) electrons. The zero-order valence-corrected chi connectivity index (χ0v) is 11.5. The molecule has 0 aromatic heterocycles. The van der Waals surface area contributed by atoms with Crippen molar-refractivity contribution < 1.29 is 13.2 Å². The Morgan fingerprint density at radius 1 is 1.37 bits per heavy atom. The Labute approximate surface area is 112 Å². The predicted molar refractivity (Wildman–Crippen MR) is 71.2 cm³/mol. The maximum atomic E-state index is 12.3. The fourth-order valence-electron chi connectivity index (χ4n) is 2.04. The van der Waals surface area contributed by atoms with E-state index in [0.29, 0.717) is 25.1 Å². The van der Waals surface area contributed by atoms with Gasteiger partial charge in [0.1, 0.15) is 0 Å². The topological polar surface area (TPSA) is 92.5 Å². The van der Waals surface area contributed by atoms with E-state index in [1.165, 1.54) is 35.6 Å². The lowest BCUT2D eigenvalue weighted by Gasteiger charge is -2.16. The highest BCUT2D eigenvalue weighted by molar-refractivity contribution is 7.89. The summed E-state index contributed by atoms with van der Waals surface area (Å²) in [7, 11) is -1.97. The van der Waals surface area contributed by atoms with Crippen LogP contribution in [-0.2, 0) is 10.0 Å². The molecule has 1 saturated heterocycles. The Bertz CT molecular complexity index is 568. The summed E-state index contributed by atoms with van der Waals surface area (Å²) < 4.78 is 26.0. The van der Waals surface area contributed by atoms with E-state index in [1.807, 2.05) is 0 Å². The molecule has 3 N–H and O–H groups in total. The Kier molecular flexibility index (Phi) is 3.88. The maximum absolute atomic E-state index is 12.3. The van der Waals surface area contributed by atoms with Crippen molar-refractivity contribution in [2.75, 3.05) is 20.1 Å². The van der Waals surface area contributed by atoms with E-state index in [9.17, 15) is 13.2 Å². The lowest BCUT2D eigenvalue weighted by atomic mass is 10.2. The molecule has 0 spiro atoms. The molecule has 6 nitrogen and oxygen atoms in total. The third-order valence-electron chi connectivity index (χ3n) is 3.17. The summed E-state index contributed by atoms with van der Waals surface area (Å²) in [4.78, 5) is 11.6. The number of rotatable bonds is 3. The molecule has 1 aliphatic rings. The van der Waals surface area contributed by atoms with Gasteiger partial charge >= 0.3 is 0 Å². The number of amides is 1. The minimum absolute atomic E-state index is 0.0973. The average Bonchev–Trinajstić information content (AvgIpc) is 2.85. The van der Waals surface area contributed by atoms with E-state index in [4.69, 9.17) is 5.73 Å². The molecule has 1 aliphatic heterocycles. The van der Waals surface area contributed by atoms with Crippen LogP contribution in [0.3, 0.4) is 0 Å². The number of nitrogens with two attached hydrogens (primary N) is 1. The molecule has 1 aromatic carbocycles. The lowest BCUT2D eigenvalue weighted by molar-refractivity contribution is 0.0963. The van der Waals surface area contributed by atoms with E-state index in [-0.39, 0.29) is 16.8 Å². The molecule has 0 saturated carbocycles. The van der Waals surface area contributed by atoms with Gasteiger partial charge < -0.3 is 11.1 Å². The summed E-state index contributed by atoms with van der Waals surface area (Å²) in [5, 5.41) is 2.49. The van der Waals surface area contributed by atoms with Gasteiger partial charge in [-0.1, -0.05) is 0 Å². The standard InChI is InChI=1S/C12H17N3O3S/c1-14-12(16)9-2-4-11(5-3-9)19(17,18)15-7-6-10(13)8-15/h2-5,10H,6-8,13H2,1H3,(H,14,16)/t10-/m1/s1. The van der Waals surface area contributed by atoms with Crippen molar-refractivity contribution in [1.29, 1.82) is 0 Å². The molecule has 1 fully saturated rings. The second-order valence-electron chi connectivity index (χ2n) is 4.52. The molecule has 0 bridgehead atoms. The smallest absolute Gasteiger partial charge is 0.251 e. The van der Waals surface area contributed by atoms with Crippen LogP contribution in [0.25, 0.3) is 0 Å². The average molecular weight is 283 g/mol. The number of carbonyl (C=O) groups excluding carboxylic acids is 1. The first-order valence-corrected chi connectivity index (χ1v) is 7.47. The first-order chi connectivity index (χ1) is 8.95. The van der Waals surface area contributed by atoms with E-state index < -0.39 is 10.0 Å². The van der Waals surface area contributed by atoms with Gasteiger partial charge in [-0.25, -0.2) is 8.42 Å². The summed E-state index contributed by atoms with van der Waals surface area (Å²) in [6.45, 7) is 0.792. The molecule has 1 atom stereocenters. The van der Waals surface area contributed by atoms with Gasteiger partial charge in [0.15, 0.2) is 0 Å². The molecule has 7 heteroatoms. The van der Waals surface area contributed by atoms with Gasteiger partial charge in [0.25, 0.3) is 5.91 Å². The highest BCUT2D eigenvalue weighted by atomic mass is 32.2. The van der Waals surface area contributed by atoms with Gasteiger partial charge in [-0.2, -0.15) is 4.31 Å². The summed E-state index contributed by atoms with van der Waals surface area (Å²) in [6.07, 6.45) is 0.676. The van der Waals surface area contributed by atoms with Gasteiger partial charge in [-0.3, -0.25) is 4.79 Å². The van der Waals surface area contributed by atoms with Crippen molar-refractivity contribution in [2.24, 2.45) is 5.73 Å². The minimum Gasteiger partial charge on any atom is -0.355 e. The Morgan fingerprint density at radius 3 is 2.47 bits per heavy atom. The fourth-order valence-corrected chi connectivity index (χ4v) is 3.56. The van der Waals surface area contributed by atoms with Crippen LogP contribution in [0.4, 0.5) is 0 Å². The number of nitrogens with zero attached hydrogens (tertiary/aromatic N) is 1. The summed E-state index contributed by atoms with van der Waals surface area (Å²) in [5.74, 6) is -0.243. The Hall–Kier alpha value is -1.44. The molecule has 1 amide bonds. The van der Waals surface area contributed by atoms with Crippen LogP contribution in [0.5, 0.6) is 0 Å². The van der Waals surface area contributed by atoms with Crippen LogP contribution in [0.2, 0.25) is 0 Å². The molecule has 19 heavy (non-hydrogen) atoms. The van der Waals surface area contributed by atoms with Crippen molar-refractivity contribution in [3.8, 4) is 0 Å². The summed E-state index contributed by atoms with van der Waals surface area (Å²) in [5.41, 5.74) is 6.15. The van der Waals surface area contributed by atoms with E-state index in [2.05, 4.69) is 5.32 Å². The molecule has 1 aromatic rings. The van der Waals surface area contributed by atoms with Gasteiger partial charge in [-0.15, -0.1) is 0 Å². The zero-order valence-electron chi connectivity index (χ0n) is 10.7. The van der Waals surface area contributed by atoms with E-state index in [1.54, 1.807) is 0 Å². The quantitative estimate of drug-likeness (QED) is 0.801. The monoisotopic (exact) mass is 283 g/mol. The second kappa shape index (κ2) is 5.28. The SMILES string of the molecule is CNC(=O)c1ccc(S(=O)(=O)N2CC[C@@H](N)C2)cc1. The predicted octanol–water partition coefficient (Wildman–Crippen LogP) is -0.232. The van der Waals surface area contributed by atoms with Crippen LogP contribution in [0, 0.1) is 0 Å². The molecular formula is C12H17N3O3S. The first kappa shape index (κ1) is 14.0. The number of benzene rings is 1. The Balaban J connectivity index is 2.24. The highest BCUT2D eigenvalue weighted by Crippen LogP contribution is 2.20. The second-order valence-corrected chi connectivity index (χ2v) is 6.45. The number of nitrogens with one attached hydrogen (secondary N) is 1. The van der Waals surface area contributed by atoms with Crippen LogP contribution in [-0.4, -0.2) is 44.8 Å². The van der Waals surface area contributed by atoms with Crippen molar-refractivity contribution >= 4 is 15.9 Å². The van der Waals surface area contributed by atoms with Crippen molar-refractivity contribution in [2.45, 2.75) is 17.4 Å². The molecule has 104 valence electrons. The van der Waals surface area contributed by atoms with Gasteiger partial charge in [-0.05, 0) is 30.7 Å². The van der Waals surface area contributed by atoms with Crippen molar-refractivity contribution in [1.82, 2.24) is 9.62 Å². The van der Waals surface area contributed by atoms with Crippen LogP contribution >= 0.6 is 0 Å². The van der Waals surface area contributed by atoms with Crippen LogP contribution < -0.4 is 11.1 Å². The van der Waals surface area contributed by atoms with Crippen LogP contribution in [0.15, 0.2) is 29.2 Å². The largest absolute Gasteiger partial charge is 0.355 e.